The van der Waals surface area contributed by atoms with E-state index in [2.05, 4.69) is 39.9 Å². The van der Waals surface area contributed by atoms with E-state index in [0.29, 0.717) is 13.1 Å². The second kappa shape index (κ2) is 9.97. The Bertz CT molecular complexity index is 1010. The van der Waals surface area contributed by atoms with E-state index in [9.17, 15) is 0 Å². The van der Waals surface area contributed by atoms with Gasteiger partial charge in [-0.3, -0.25) is 4.99 Å². The normalized spacial score (nSPS) is 15.2. The molecule has 0 fully saturated rings. The molecule has 2 aromatic carbocycles. The molecule has 1 unspecified atom stereocenters. The molecular formula is C23H28IN5O. The fourth-order valence-corrected chi connectivity index (χ4v) is 3.59. The van der Waals surface area contributed by atoms with Gasteiger partial charge in [-0.25, -0.2) is 4.98 Å². The minimum absolute atomic E-state index is 0. The summed E-state index contributed by atoms with van der Waals surface area (Å²) < 4.78 is 6.01. The number of fused-ring (bicyclic) bond motifs is 2. The summed E-state index contributed by atoms with van der Waals surface area (Å²) in [4.78, 5) is 11.1. The van der Waals surface area contributed by atoms with E-state index in [0.717, 1.165) is 34.9 Å². The minimum Gasteiger partial charge on any atom is -0.488 e. The molecule has 7 heteroatoms. The fourth-order valence-electron chi connectivity index (χ4n) is 3.59. The summed E-state index contributed by atoms with van der Waals surface area (Å²) in [5.74, 6) is 2.69. The van der Waals surface area contributed by atoms with Gasteiger partial charge in [-0.05, 0) is 29.3 Å². The van der Waals surface area contributed by atoms with Gasteiger partial charge in [0, 0.05) is 39.5 Å². The Hall–Kier alpha value is -2.55. The number of ether oxygens (including phenoxy) is 1. The van der Waals surface area contributed by atoms with Gasteiger partial charge in [0.25, 0.3) is 0 Å². The number of halogens is 1. The van der Waals surface area contributed by atoms with Gasteiger partial charge in [0.2, 0.25) is 0 Å². The molecule has 0 saturated heterocycles. The average molecular weight is 517 g/mol. The summed E-state index contributed by atoms with van der Waals surface area (Å²) in [6, 6.07) is 18.6. The number of aliphatic imine (C=N–C) groups is 1. The Morgan fingerprint density at radius 1 is 1.13 bits per heavy atom. The van der Waals surface area contributed by atoms with Gasteiger partial charge in [-0.15, -0.1) is 24.0 Å². The van der Waals surface area contributed by atoms with Crippen molar-refractivity contribution in [3.63, 3.8) is 0 Å². The van der Waals surface area contributed by atoms with Crippen LogP contribution in [0.2, 0.25) is 0 Å². The van der Waals surface area contributed by atoms with Gasteiger partial charge in [0.15, 0.2) is 5.96 Å². The van der Waals surface area contributed by atoms with Crippen molar-refractivity contribution >= 4 is 46.7 Å². The van der Waals surface area contributed by atoms with Crippen LogP contribution < -0.4 is 20.3 Å². The molecule has 3 aromatic rings. The first-order valence-corrected chi connectivity index (χ1v) is 9.89. The van der Waals surface area contributed by atoms with Gasteiger partial charge in [0.05, 0.1) is 12.1 Å². The Morgan fingerprint density at radius 3 is 2.67 bits per heavy atom. The average Bonchev–Trinajstić information content (AvgIpc) is 3.16. The summed E-state index contributed by atoms with van der Waals surface area (Å²) in [7, 11) is 5.80. The van der Waals surface area contributed by atoms with Crippen molar-refractivity contribution in [1.82, 2.24) is 15.6 Å². The van der Waals surface area contributed by atoms with Gasteiger partial charge in [-0.2, -0.15) is 0 Å². The van der Waals surface area contributed by atoms with Crippen LogP contribution in [-0.2, 0) is 13.0 Å². The van der Waals surface area contributed by atoms with E-state index < -0.39 is 0 Å². The molecular weight excluding hydrogens is 489 g/mol. The second-order valence-electron chi connectivity index (χ2n) is 7.41. The lowest BCUT2D eigenvalue weighted by atomic mass is 10.1. The lowest BCUT2D eigenvalue weighted by molar-refractivity contribution is 0.235. The predicted octanol–water partition coefficient (Wildman–Crippen LogP) is 3.59. The third-order valence-corrected chi connectivity index (χ3v) is 5.13. The third-order valence-electron chi connectivity index (χ3n) is 5.13. The highest BCUT2D eigenvalue weighted by molar-refractivity contribution is 14.0. The summed E-state index contributed by atoms with van der Waals surface area (Å²) in [5, 5.41) is 7.96. The zero-order chi connectivity index (χ0) is 20.2. The van der Waals surface area contributed by atoms with E-state index in [1.165, 1.54) is 11.1 Å². The Morgan fingerprint density at radius 2 is 1.90 bits per heavy atom. The summed E-state index contributed by atoms with van der Waals surface area (Å²) in [5.41, 5.74) is 3.45. The zero-order valence-electron chi connectivity index (χ0n) is 17.6. The highest BCUT2D eigenvalue weighted by Gasteiger charge is 2.22. The van der Waals surface area contributed by atoms with Crippen LogP contribution in [0.5, 0.6) is 5.75 Å². The molecule has 1 aliphatic rings. The molecule has 1 aliphatic heterocycles. The summed E-state index contributed by atoms with van der Waals surface area (Å²) in [6.07, 6.45) is 1.04. The van der Waals surface area contributed by atoms with Crippen molar-refractivity contribution < 1.29 is 4.74 Å². The molecule has 2 heterocycles. The smallest absolute Gasteiger partial charge is 0.191 e. The highest BCUT2D eigenvalue weighted by Crippen LogP contribution is 2.27. The fraction of sp³-hybridized carbons (Fsp3) is 0.304. The molecule has 1 aromatic heterocycles. The summed E-state index contributed by atoms with van der Waals surface area (Å²) >= 11 is 0. The molecule has 1 atom stereocenters. The van der Waals surface area contributed by atoms with Crippen LogP contribution in [0.4, 0.5) is 5.82 Å². The first-order valence-electron chi connectivity index (χ1n) is 9.89. The van der Waals surface area contributed by atoms with E-state index in [1.807, 2.05) is 49.3 Å². The van der Waals surface area contributed by atoms with Gasteiger partial charge < -0.3 is 20.3 Å². The van der Waals surface area contributed by atoms with Gasteiger partial charge >= 0.3 is 0 Å². The molecule has 6 nitrogen and oxygen atoms in total. The van der Waals surface area contributed by atoms with Crippen LogP contribution in [0.15, 0.2) is 59.6 Å². The standard InChI is InChI=1S/C23H27N5O.HI/c1-24-23(26-15-18-12-16-8-4-7-11-21(16)29-18)25-14-17-13-22(28(2)3)27-20-10-6-5-9-19(17)20;/h4-11,13,18H,12,14-15H2,1-3H3,(H2,24,25,26);1H. The number of guanidine groups is 1. The largest absolute Gasteiger partial charge is 0.488 e. The van der Waals surface area contributed by atoms with Crippen molar-refractivity contribution in [2.45, 2.75) is 19.1 Å². The number of hydrogen-bond acceptors (Lipinski definition) is 4. The number of aromatic nitrogens is 1. The molecule has 0 bridgehead atoms. The lowest BCUT2D eigenvalue weighted by Gasteiger charge is -2.18. The number of hydrogen-bond donors (Lipinski definition) is 2. The molecule has 0 radical (unpaired) electrons. The number of benzene rings is 2. The second-order valence-corrected chi connectivity index (χ2v) is 7.41. The number of para-hydroxylation sites is 2. The van der Waals surface area contributed by atoms with Crippen LogP contribution in [0.25, 0.3) is 10.9 Å². The van der Waals surface area contributed by atoms with E-state index in [-0.39, 0.29) is 30.1 Å². The van der Waals surface area contributed by atoms with E-state index >= 15 is 0 Å². The first-order chi connectivity index (χ1) is 14.1. The van der Waals surface area contributed by atoms with Crippen LogP contribution in [0, 0.1) is 0 Å². The molecule has 0 spiro atoms. The van der Waals surface area contributed by atoms with Crippen molar-refractivity contribution in [3.05, 3.63) is 65.7 Å². The van der Waals surface area contributed by atoms with Crippen LogP contribution >= 0.6 is 24.0 Å². The van der Waals surface area contributed by atoms with Crippen molar-refractivity contribution in [1.29, 1.82) is 0 Å². The Labute approximate surface area is 194 Å². The topological polar surface area (TPSA) is 61.8 Å². The van der Waals surface area contributed by atoms with Gasteiger partial charge in [-0.1, -0.05) is 36.4 Å². The third kappa shape index (κ3) is 4.95. The SMILES string of the molecule is CN=C(NCc1cc(N(C)C)nc2ccccc12)NCC1Cc2ccccc2O1.I. The molecule has 30 heavy (non-hydrogen) atoms. The number of nitrogens with one attached hydrogen (secondary N) is 2. The quantitative estimate of drug-likeness (QED) is 0.308. The van der Waals surface area contributed by atoms with Crippen molar-refractivity contribution in [3.8, 4) is 5.75 Å². The Kier molecular flexibility index (Phi) is 7.36. The zero-order valence-corrected chi connectivity index (χ0v) is 19.9. The molecule has 0 saturated carbocycles. The first kappa shape index (κ1) is 22.1. The minimum atomic E-state index is 0. The number of pyridine rings is 1. The Balaban J connectivity index is 0.00000256. The van der Waals surface area contributed by atoms with Crippen LogP contribution in [-0.4, -0.2) is 44.7 Å². The molecule has 0 aliphatic carbocycles. The predicted molar refractivity (Wildman–Crippen MR) is 134 cm³/mol. The molecule has 4 rings (SSSR count). The number of nitrogens with zero attached hydrogens (tertiary/aromatic N) is 3. The molecule has 2 N–H and O–H groups in total. The van der Waals surface area contributed by atoms with Crippen molar-refractivity contribution in [2.24, 2.45) is 4.99 Å². The van der Waals surface area contributed by atoms with Crippen LogP contribution in [0.1, 0.15) is 11.1 Å². The van der Waals surface area contributed by atoms with E-state index in [4.69, 9.17) is 9.72 Å². The maximum Gasteiger partial charge on any atom is 0.191 e. The maximum atomic E-state index is 6.01. The van der Waals surface area contributed by atoms with Crippen LogP contribution in [0.3, 0.4) is 0 Å². The molecule has 0 amide bonds. The van der Waals surface area contributed by atoms with Crippen molar-refractivity contribution in [2.75, 3.05) is 32.6 Å². The van der Waals surface area contributed by atoms with Gasteiger partial charge in [0.1, 0.15) is 17.7 Å². The molecule has 158 valence electrons. The number of rotatable bonds is 5. The maximum absolute atomic E-state index is 6.01. The highest BCUT2D eigenvalue weighted by atomic mass is 127. The number of anilines is 1. The van der Waals surface area contributed by atoms with E-state index in [1.54, 1.807) is 7.05 Å². The monoisotopic (exact) mass is 517 g/mol. The summed E-state index contributed by atoms with van der Waals surface area (Å²) in [6.45, 7) is 1.36. The lowest BCUT2D eigenvalue weighted by Crippen LogP contribution is -2.42.